The van der Waals surface area contributed by atoms with Crippen LogP contribution in [0.4, 0.5) is 0 Å². The maximum atomic E-state index is 13.9. The highest BCUT2D eigenvalue weighted by atomic mass is 16.5. The summed E-state index contributed by atoms with van der Waals surface area (Å²) in [6.07, 6.45) is 5.84. The van der Waals surface area contributed by atoms with Crippen molar-refractivity contribution < 1.29 is 19.6 Å². The van der Waals surface area contributed by atoms with Gasteiger partial charge in [-0.05, 0) is 37.8 Å². The van der Waals surface area contributed by atoms with Gasteiger partial charge in [-0.2, -0.15) is 0 Å². The lowest BCUT2D eigenvalue weighted by molar-refractivity contribution is -0.149. The van der Waals surface area contributed by atoms with Crippen molar-refractivity contribution in [2.75, 3.05) is 7.05 Å². The van der Waals surface area contributed by atoms with Crippen LogP contribution in [0.3, 0.4) is 0 Å². The molecule has 0 spiro atoms. The largest absolute Gasteiger partial charge is 0.310 e. The number of carbonyl (C=O) groups excluding carboxylic acids is 3. The lowest BCUT2D eigenvalue weighted by atomic mass is 9.68. The molecule has 0 aromatic heterocycles. The van der Waals surface area contributed by atoms with Crippen molar-refractivity contribution in [3.63, 3.8) is 0 Å². The number of allylic oxidation sites excluding steroid dienone is 1. The molecule has 32 heavy (non-hydrogen) atoms. The number of hydrogen-bond donors (Lipinski definition) is 5. The highest BCUT2D eigenvalue weighted by Gasteiger charge is 2.50. The molecule has 0 saturated carbocycles. The molecule has 0 aliphatic carbocycles. The van der Waals surface area contributed by atoms with Gasteiger partial charge in [-0.15, -0.1) is 0 Å². The average Bonchev–Trinajstić information content (AvgIpc) is 2.82. The maximum Gasteiger partial charge on any atom is 0.248 e. The summed E-state index contributed by atoms with van der Waals surface area (Å²) in [6, 6.07) is 8.55. The minimum absolute atomic E-state index is 0.100. The number of hydroxylamine groups is 1. The first-order valence-electron chi connectivity index (χ1n) is 11.2. The number of rotatable bonds is 14. The third kappa shape index (κ3) is 6.98. The molecule has 0 aliphatic heterocycles. The molecule has 0 aliphatic rings. The summed E-state index contributed by atoms with van der Waals surface area (Å²) in [7, 11) is 1.57. The van der Waals surface area contributed by atoms with E-state index in [1.54, 1.807) is 18.6 Å². The van der Waals surface area contributed by atoms with E-state index < -0.39 is 35.0 Å². The van der Waals surface area contributed by atoms with E-state index in [0.29, 0.717) is 19.3 Å². The fourth-order valence-corrected chi connectivity index (χ4v) is 4.15. The van der Waals surface area contributed by atoms with Crippen LogP contribution in [0.25, 0.3) is 6.08 Å². The van der Waals surface area contributed by atoms with Gasteiger partial charge in [0, 0.05) is 0 Å². The summed E-state index contributed by atoms with van der Waals surface area (Å²) < 4.78 is 0. The summed E-state index contributed by atoms with van der Waals surface area (Å²) in [5.74, 6) is 3.03. The van der Waals surface area contributed by atoms with E-state index in [1.807, 2.05) is 57.2 Å². The van der Waals surface area contributed by atoms with E-state index in [1.165, 1.54) is 0 Å². The number of benzene rings is 1. The summed E-state index contributed by atoms with van der Waals surface area (Å²) >= 11 is 0. The van der Waals surface area contributed by atoms with Crippen LogP contribution >= 0.6 is 0 Å². The van der Waals surface area contributed by atoms with Crippen molar-refractivity contribution in [1.29, 1.82) is 0 Å². The molecule has 8 nitrogen and oxygen atoms in total. The van der Waals surface area contributed by atoms with Crippen molar-refractivity contribution in [2.24, 2.45) is 23.1 Å². The van der Waals surface area contributed by atoms with E-state index >= 15 is 0 Å². The Labute approximate surface area is 191 Å². The number of amides is 2. The topological polar surface area (TPSA) is 134 Å². The second-order valence-electron chi connectivity index (χ2n) is 8.29. The SMILES string of the molecule is CCCC(CC(C)CC)(C(=O)NN)C(=O)[C@H](NC)[C@H](C/C=C/c1ccccc1)C(=O)NO. The molecule has 4 atom stereocenters. The molecular weight excluding hydrogens is 408 g/mol. The van der Waals surface area contributed by atoms with Crippen molar-refractivity contribution in [3.05, 3.63) is 42.0 Å². The van der Waals surface area contributed by atoms with Gasteiger partial charge in [0.1, 0.15) is 5.41 Å². The molecule has 0 saturated heterocycles. The molecule has 1 aromatic carbocycles. The van der Waals surface area contributed by atoms with Gasteiger partial charge in [0.25, 0.3) is 0 Å². The Morgan fingerprint density at radius 1 is 1.19 bits per heavy atom. The maximum absolute atomic E-state index is 13.9. The van der Waals surface area contributed by atoms with Crippen LogP contribution in [0.5, 0.6) is 0 Å². The molecule has 0 radical (unpaired) electrons. The average molecular weight is 447 g/mol. The van der Waals surface area contributed by atoms with Gasteiger partial charge in [0.15, 0.2) is 5.78 Å². The predicted molar refractivity (Wildman–Crippen MR) is 125 cm³/mol. The quantitative estimate of drug-likeness (QED) is 0.0980. The van der Waals surface area contributed by atoms with E-state index in [9.17, 15) is 19.6 Å². The van der Waals surface area contributed by atoms with E-state index in [4.69, 9.17) is 5.84 Å². The summed E-state index contributed by atoms with van der Waals surface area (Å²) in [5, 5.41) is 12.3. The van der Waals surface area contributed by atoms with Gasteiger partial charge in [0.2, 0.25) is 11.8 Å². The summed E-state index contributed by atoms with van der Waals surface area (Å²) in [6.45, 7) is 5.88. The zero-order valence-electron chi connectivity index (χ0n) is 19.6. The van der Waals surface area contributed by atoms with Gasteiger partial charge in [0.05, 0.1) is 12.0 Å². The summed E-state index contributed by atoms with van der Waals surface area (Å²) in [4.78, 5) is 39.4. The van der Waals surface area contributed by atoms with Crippen LogP contribution in [0, 0.1) is 17.3 Å². The number of Topliss-reactive ketones (excluding diaryl/α,β-unsaturated/α-hetero) is 1. The summed E-state index contributed by atoms with van der Waals surface area (Å²) in [5.41, 5.74) is 3.42. The minimum atomic E-state index is -1.37. The van der Waals surface area contributed by atoms with Crippen molar-refractivity contribution >= 4 is 23.7 Å². The Hall–Kier alpha value is -2.55. The molecule has 2 amide bonds. The Bertz CT molecular complexity index is 769. The normalized spacial score (nSPS) is 16.1. The Kier molecular flexibility index (Phi) is 11.8. The molecule has 0 fully saturated rings. The number of hydrazine groups is 1. The van der Waals surface area contributed by atoms with Crippen molar-refractivity contribution in [3.8, 4) is 0 Å². The lowest BCUT2D eigenvalue weighted by Crippen LogP contribution is -2.58. The van der Waals surface area contributed by atoms with E-state index in [0.717, 1.165) is 12.0 Å². The monoisotopic (exact) mass is 446 g/mol. The molecule has 6 N–H and O–H groups in total. The number of carbonyl (C=O) groups is 3. The van der Waals surface area contributed by atoms with Crippen LogP contribution in [0.15, 0.2) is 36.4 Å². The standard InChI is InChI=1S/C24H38N4O4/c1-5-15-24(23(31)27-25,16-17(3)6-2)21(29)20(26-4)19(22(30)28-32)14-10-13-18-11-8-7-9-12-18/h7-13,17,19-20,26,32H,5-6,14-16,25H2,1-4H3,(H,27,31)(H,28,30)/b13-10+/t17?,19-,20+,24?/m0/s1. The Balaban J connectivity index is 3.34. The minimum Gasteiger partial charge on any atom is -0.310 e. The van der Waals surface area contributed by atoms with Gasteiger partial charge < -0.3 is 5.32 Å². The molecule has 0 bridgehead atoms. The molecule has 1 rings (SSSR count). The van der Waals surface area contributed by atoms with Gasteiger partial charge in [-0.1, -0.05) is 76.1 Å². The Morgan fingerprint density at radius 3 is 2.34 bits per heavy atom. The van der Waals surface area contributed by atoms with Gasteiger partial charge in [-0.3, -0.25) is 25.0 Å². The van der Waals surface area contributed by atoms with Crippen LogP contribution < -0.4 is 22.1 Å². The second-order valence-corrected chi connectivity index (χ2v) is 8.29. The number of hydrogen-bond acceptors (Lipinski definition) is 6. The molecule has 1 aromatic rings. The highest BCUT2D eigenvalue weighted by Crippen LogP contribution is 2.37. The fraction of sp³-hybridized carbons (Fsp3) is 0.542. The zero-order valence-corrected chi connectivity index (χ0v) is 19.6. The number of nitrogens with two attached hydrogens (primary N) is 1. The highest BCUT2D eigenvalue weighted by molar-refractivity contribution is 6.09. The molecule has 178 valence electrons. The third-order valence-corrected chi connectivity index (χ3v) is 6.05. The van der Waals surface area contributed by atoms with Crippen molar-refractivity contribution in [1.82, 2.24) is 16.2 Å². The first kappa shape index (κ1) is 27.5. The molecule has 2 unspecified atom stereocenters. The van der Waals surface area contributed by atoms with Crippen LogP contribution in [-0.4, -0.2) is 35.9 Å². The van der Waals surface area contributed by atoms with E-state index in [-0.39, 0.29) is 12.3 Å². The molecule has 8 heteroatoms. The van der Waals surface area contributed by atoms with Crippen LogP contribution in [0.1, 0.15) is 58.4 Å². The van der Waals surface area contributed by atoms with E-state index in [2.05, 4.69) is 10.7 Å². The number of nitrogens with one attached hydrogen (secondary N) is 3. The first-order chi connectivity index (χ1) is 15.3. The third-order valence-electron chi connectivity index (χ3n) is 6.05. The van der Waals surface area contributed by atoms with Crippen LogP contribution in [0.2, 0.25) is 0 Å². The van der Waals surface area contributed by atoms with Gasteiger partial charge >= 0.3 is 0 Å². The predicted octanol–water partition coefficient (Wildman–Crippen LogP) is 2.58. The lowest BCUT2D eigenvalue weighted by Gasteiger charge is -2.37. The van der Waals surface area contributed by atoms with Crippen LogP contribution in [-0.2, 0) is 14.4 Å². The Morgan fingerprint density at radius 2 is 1.84 bits per heavy atom. The smallest absolute Gasteiger partial charge is 0.248 e. The number of likely N-dealkylation sites (N-methyl/N-ethyl adjacent to an activating group) is 1. The zero-order chi connectivity index (χ0) is 24.1. The molecular formula is C24H38N4O4. The molecule has 0 heterocycles. The number of ketones is 1. The van der Waals surface area contributed by atoms with Crippen molar-refractivity contribution in [2.45, 2.75) is 58.9 Å². The first-order valence-corrected chi connectivity index (χ1v) is 11.2. The van der Waals surface area contributed by atoms with Gasteiger partial charge in [-0.25, -0.2) is 11.3 Å². The second kappa shape index (κ2) is 13.8. The fourth-order valence-electron chi connectivity index (χ4n) is 4.15.